The smallest absolute Gasteiger partial charge is 0.124 e. The van der Waals surface area contributed by atoms with Crippen LogP contribution in [0.1, 0.15) is 24.1 Å². The molecule has 0 saturated heterocycles. The van der Waals surface area contributed by atoms with E-state index in [0.29, 0.717) is 10.0 Å². The van der Waals surface area contributed by atoms with Crippen LogP contribution in [0.25, 0.3) is 0 Å². The Morgan fingerprint density at radius 1 is 1.10 bits per heavy atom. The minimum absolute atomic E-state index is 0.00708. The Bertz CT molecular complexity index is 586. The predicted octanol–water partition coefficient (Wildman–Crippen LogP) is 4.70. The van der Waals surface area contributed by atoms with Gasteiger partial charge in [-0.15, -0.1) is 0 Å². The molecule has 0 aromatic heterocycles. The molecule has 0 saturated carbocycles. The summed E-state index contributed by atoms with van der Waals surface area (Å²) in [5.41, 5.74) is 2.09. The van der Waals surface area contributed by atoms with E-state index in [1.54, 1.807) is 7.11 Å². The third-order valence-electron chi connectivity index (χ3n) is 3.09. The van der Waals surface area contributed by atoms with Crippen molar-refractivity contribution in [1.82, 2.24) is 5.32 Å². The molecule has 1 atom stereocenters. The zero-order valence-electron chi connectivity index (χ0n) is 11.5. The van der Waals surface area contributed by atoms with E-state index in [4.69, 9.17) is 27.9 Å². The summed E-state index contributed by atoms with van der Waals surface area (Å²) in [6.45, 7) is 2.89. The molecule has 0 bridgehead atoms. The number of halogens is 2. The molecule has 0 fully saturated rings. The molecule has 0 aliphatic carbocycles. The van der Waals surface area contributed by atoms with Crippen molar-refractivity contribution >= 4 is 23.2 Å². The number of benzene rings is 2. The van der Waals surface area contributed by atoms with Gasteiger partial charge in [0.2, 0.25) is 0 Å². The Morgan fingerprint density at radius 2 is 1.85 bits per heavy atom. The summed E-state index contributed by atoms with van der Waals surface area (Å²) < 4.78 is 5.45. The van der Waals surface area contributed by atoms with Crippen molar-refractivity contribution in [3.8, 4) is 5.75 Å². The lowest BCUT2D eigenvalue weighted by molar-refractivity contribution is 0.404. The first-order valence-electron chi connectivity index (χ1n) is 6.48. The molecule has 4 heteroatoms. The second kappa shape index (κ2) is 6.98. The third-order valence-corrected chi connectivity index (χ3v) is 3.56. The van der Waals surface area contributed by atoms with Gasteiger partial charge in [-0.2, -0.15) is 0 Å². The van der Waals surface area contributed by atoms with Gasteiger partial charge >= 0.3 is 0 Å². The highest BCUT2D eigenvalue weighted by Crippen LogP contribution is 2.33. The first-order chi connectivity index (χ1) is 9.65. The lowest BCUT2D eigenvalue weighted by Gasteiger charge is -2.21. The van der Waals surface area contributed by atoms with E-state index in [-0.39, 0.29) is 6.04 Å². The highest BCUT2D eigenvalue weighted by molar-refractivity contribution is 6.31. The molecule has 1 unspecified atom stereocenters. The van der Waals surface area contributed by atoms with Crippen LogP contribution in [0.5, 0.6) is 5.75 Å². The summed E-state index contributed by atoms with van der Waals surface area (Å²) in [6, 6.07) is 13.4. The van der Waals surface area contributed by atoms with Crippen LogP contribution in [0.2, 0.25) is 10.0 Å². The van der Waals surface area contributed by atoms with Crippen molar-refractivity contribution in [2.24, 2.45) is 0 Å². The standard InChI is InChI=1S/C16H17Cl2NO/c1-3-19-16(11-5-4-6-12(17)9-11)14-10-13(18)7-8-15(14)20-2/h4-10,16,19H,3H2,1-2H3. The molecular weight excluding hydrogens is 293 g/mol. The van der Waals surface area contributed by atoms with E-state index in [9.17, 15) is 0 Å². The van der Waals surface area contributed by atoms with Gasteiger partial charge in [0.05, 0.1) is 13.2 Å². The fourth-order valence-corrected chi connectivity index (χ4v) is 2.61. The Kier molecular flexibility index (Phi) is 5.30. The van der Waals surface area contributed by atoms with Crippen LogP contribution in [0.15, 0.2) is 42.5 Å². The summed E-state index contributed by atoms with van der Waals surface area (Å²) in [5, 5.41) is 4.85. The average Bonchev–Trinajstić information content (AvgIpc) is 2.44. The summed E-state index contributed by atoms with van der Waals surface area (Å²) >= 11 is 12.2. The highest BCUT2D eigenvalue weighted by Gasteiger charge is 2.18. The fraction of sp³-hybridized carbons (Fsp3) is 0.250. The van der Waals surface area contributed by atoms with Gasteiger partial charge in [0, 0.05) is 15.6 Å². The lowest BCUT2D eigenvalue weighted by atomic mass is 9.97. The average molecular weight is 310 g/mol. The SMILES string of the molecule is CCNC(c1cccc(Cl)c1)c1cc(Cl)ccc1OC. The molecule has 2 nitrogen and oxygen atoms in total. The molecule has 106 valence electrons. The maximum absolute atomic E-state index is 6.13. The largest absolute Gasteiger partial charge is 0.496 e. The highest BCUT2D eigenvalue weighted by atomic mass is 35.5. The maximum atomic E-state index is 6.13. The second-order valence-electron chi connectivity index (χ2n) is 4.43. The molecule has 0 amide bonds. The predicted molar refractivity (Wildman–Crippen MR) is 85.0 cm³/mol. The van der Waals surface area contributed by atoms with Crippen molar-refractivity contribution < 1.29 is 4.74 Å². The molecule has 2 rings (SSSR count). The number of rotatable bonds is 5. The van der Waals surface area contributed by atoms with Crippen LogP contribution in [0, 0.1) is 0 Å². The Labute approximate surface area is 129 Å². The van der Waals surface area contributed by atoms with Gasteiger partial charge in [-0.3, -0.25) is 0 Å². The minimum Gasteiger partial charge on any atom is -0.496 e. The first kappa shape index (κ1) is 15.2. The molecule has 2 aromatic carbocycles. The van der Waals surface area contributed by atoms with E-state index in [2.05, 4.69) is 12.2 Å². The summed E-state index contributed by atoms with van der Waals surface area (Å²) in [5.74, 6) is 0.806. The van der Waals surface area contributed by atoms with E-state index >= 15 is 0 Å². The van der Waals surface area contributed by atoms with Crippen molar-refractivity contribution in [2.75, 3.05) is 13.7 Å². The zero-order valence-corrected chi connectivity index (χ0v) is 13.0. The van der Waals surface area contributed by atoms with Gasteiger partial charge in [0.15, 0.2) is 0 Å². The van der Waals surface area contributed by atoms with Gasteiger partial charge in [-0.25, -0.2) is 0 Å². The van der Waals surface area contributed by atoms with Crippen molar-refractivity contribution in [1.29, 1.82) is 0 Å². The number of methoxy groups -OCH3 is 1. The minimum atomic E-state index is -0.00708. The van der Waals surface area contributed by atoms with E-state index in [1.165, 1.54) is 0 Å². The first-order valence-corrected chi connectivity index (χ1v) is 7.23. The zero-order chi connectivity index (χ0) is 14.5. The van der Waals surface area contributed by atoms with E-state index < -0.39 is 0 Å². The number of ether oxygens (including phenoxy) is 1. The second-order valence-corrected chi connectivity index (χ2v) is 5.30. The number of hydrogen-bond donors (Lipinski definition) is 1. The molecule has 0 aliphatic rings. The quantitative estimate of drug-likeness (QED) is 0.864. The molecule has 0 radical (unpaired) electrons. The Morgan fingerprint density at radius 3 is 2.50 bits per heavy atom. The third kappa shape index (κ3) is 3.45. The normalized spacial score (nSPS) is 12.2. The van der Waals surface area contributed by atoms with Crippen molar-refractivity contribution in [3.05, 3.63) is 63.6 Å². The van der Waals surface area contributed by atoms with Crippen LogP contribution in [-0.4, -0.2) is 13.7 Å². The summed E-state index contributed by atoms with van der Waals surface area (Å²) in [7, 11) is 1.66. The van der Waals surface area contributed by atoms with Crippen LogP contribution in [-0.2, 0) is 0 Å². The van der Waals surface area contributed by atoms with Crippen molar-refractivity contribution in [3.63, 3.8) is 0 Å². The van der Waals surface area contributed by atoms with Gasteiger partial charge in [0.25, 0.3) is 0 Å². The van der Waals surface area contributed by atoms with Gasteiger partial charge in [-0.05, 0) is 42.4 Å². The molecule has 1 N–H and O–H groups in total. The molecule has 0 heterocycles. The van der Waals surface area contributed by atoms with Gasteiger partial charge < -0.3 is 10.1 Å². The van der Waals surface area contributed by atoms with E-state index in [1.807, 2.05) is 42.5 Å². The van der Waals surface area contributed by atoms with Gasteiger partial charge in [-0.1, -0.05) is 42.3 Å². The van der Waals surface area contributed by atoms with Crippen LogP contribution in [0.3, 0.4) is 0 Å². The van der Waals surface area contributed by atoms with Gasteiger partial charge in [0.1, 0.15) is 5.75 Å². The summed E-state index contributed by atoms with van der Waals surface area (Å²) in [4.78, 5) is 0. The molecular formula is C16H17Cl2NO. The lowest BCUT2D eigenvalue weighted by Crippen LogP contribution is -2.22. The Balaban J connectivity index is 2.50. The Hall–Kier alpha value is -1.22. The monoisotopic (exact) mass is 309 g/mol. The molecule has 20 heavy (non-hydrogen) atoms. The van der Waals surface area contributed by atoms with E-state index in [0.717, 1.165) is 23.4 Å². The van der Waals surface area contributed by atoms with Crippen molar-refractivity contribution in [2.45, 2.75) is 13.0 Å². The maximum Gasteiger partial charge on any atom is 0.124 e. The topological polar surface area (TPSA) is 21.3 Å². The fourth-order valence-electron chi connectivity index (χ4n) is 2.23. The molecule has 2 aromatic rings. The molecule has 0 aliphatic heterocycles. The number of nitrogens with one attached hydrogen (secondary N) is 1. The van der Waals surface area contributed by atoms with Crippen LogP contribution >= 0.6 is 23.2 Å². The summed E-state index contributed by atoms with van der Waals surface area (Å²) in [6.07, 6.45) is 0. The van der Waals surface area contributed by atoms with Crippen LogP contribution < -0.4 is 10.1 Å². The van der Waals surface area contributed by atoms with Crippen LogP contribution in [0.4, 0.5) is 0 Å². The number of hydrogen-bond acceptors (Lipinski definition) is 2. The molecule has 0 spiro atoms.